The van der Waals surface area contributed by atoms with E-state index >= 15 is 0 Å². The Hall–Kier alpha value is -2.84. The van der Waals surface area contributed by atoms with Gasteiger partial charge in [-0.3, -0.25) is 9.10 Å². The fourth-order valence-electron chi connectivity index (χ4n) is 2.88. The molecule has 1 amide bonds. The summed E-state index contributed by atoms with van der Waals surface area (Å²) in [5.74, 6) is -0.244. The van der Waals surface area contributed by atoms with E-state index in [1.54, 1.807) is 73.7 Å². The van der Waals surface area contributed by atoms with Crippen molar-refractivity contribution in [1.82, 2.24) is 0 Å². The van der Waals surface area contributed by atoms with Gasteiger partial charge in [0, 0.05) is 10.2 Å². The molecule has 0 heterocycles. The molecule has 30 heavy (non-hydrogen) atoms. The summed E-state index contributed by atoms with van der Waals surface area (Å²) in [6, 6.07) is 20.5. The number of sulfonamides is 1. The molecule has 0 aromatic heterocycles. The van der Waals surface area contributed by atoms with Gasteiger partial charge in [0.25, 0.3) is 10.0 Å². The number of carbonyl (C=O) groups excluding carboxylic acids is 1. The van der Waals surface area contributed by atoms with Gasteiger partial charge in [-0.05, 0) is 61.0 Å². The van der Waals surface area contributed by atoms with Gasteiger partial charge in [0.2, 0.25) is 5.91 Å². The van der Waals surface area contributed by atoms with E-state index in [0.717, 1.165) is 14.3 Å². The van der Waals surface area contributed by atoms with Crippen LogP contribution in [0.5, 0.6) is 5.75 Å². The zero-order valence-electron chi connectivity index (χ0n) is 16.5. The maximum absolute atomic E-state index is 13.6. The maximum Gasteiger partial charge on any atom is 0.268 e. The summed E-state index contributed by atoms with van der Waals surface area (Å²) in [5.41, 5.74) is 1.72. The van der Waals surface area contributed by atoms with E-state index in [9.17, 15) is 13.2 Å². The molecule has 8 heteroatoms. The van der Waals surface area contributed by atoms with Gasteiger partial charge in [-0.2, -0.15) is 0 Å². The summed E-state index contributed by atoms with van der Waals surface area (Å²) in [6.45, 7) is 1.41. The highest BCUT2D eigenvalue weighted by molar-refractivity contribution is 9.10. The fraction of sp³-hybridized carbons (Fsp3) is 0.136. The molecule has 0 aliphatic carbocycles. The van der Waals surface area contributed by atoms with Crippen molar-refractivity contribution in [1.29, 1.82) is 0 Å². The van der Waals surface area contributed by atoms with E-state index in [0.29, 0.717) is 11.4 Å². The number of para-hydroxylation sites is 1. The number of carbonyl (C=O) groups is 1. The van der Waals surface area contributed by atoms with Crippen LogP contribution in [0.2, 0.25) is 0 Å². The van der Waals surface area contributed by atoms with Crippen molar-refractivity contribution < 1.29 is 17.9 Å². The first-order valence-electron chi connectivity index (χ1n) is 9.09. The van der Waals surface area contributed by atoms with Crippen LogP contribution < -0.4 is 14.4 Å². The summed E-state index contributed by atoms with van der Waals surface area (Å²) in [7, 11) is -2.66. The highest BCUT2D eigenvalue weighted by Gasteiger charge is 2.30. The highest BCUT2D eigenvalue weighted by Crippen LogP contribution is 2.30. The van der Waals surface area contributed by atoms with E-state index in [2.05, 4.69) is 21.2 Å². The predicted octanol–water partition coefficient (Wildman–Crippen LogP) is 4.60. The smallest absolute Gasteiger partial charge is 0.268 e. The molecule has 0 unspecified atom stereocenters. The Morgan fingerprint density at radius 1 is 1.03 bits per heavy atom. The quantitative estimate of drug-likeness (QED) is 0.527. The van der Waals surface area contributed by atoms with Gasteiger partial charge in [0.15, 0.2) is 0 Å². The number of nitrogens with one attached hydrogen (secondary N) is 1. The monoisotopic (exact) mass is 488 g/mol. The summed E-state index contributed by atoms with van der Waals surface area (Å²) in [6.07, 6.45) is 0. The predicted molar refractivity (Wildman–Crippen MR) is 121 cm³/mol. The molecule has 0 saturated heterocycles. The number of ether oxygens (including phenoxy) is 1. The minimum absolute atomic E-state index is 0.00490. The first-order chi connectivity index (χ1) is 14.3. The molecule has 0 bridgehead atoms. The van der Waals surface area contributed by atoms with Crippen LogP contribution in [0.1, 0.15) is 5.56 Å². The standard InChI is InChI=1S/C22H21BrN2O4S/c1-16-8-13-20(29-2)21(14-16)30(27,28)25(19-6-4-3-5-7-19)15-22(26)24-18-11-9-17(23)10-12-18/h3-14H,15H2,1-2H3,(H,24,26). The number of nitrogens with zero attached hydrogens (tertiary/aromatic N) is 1. The van der Waals surface area contributed by atoms with E-state index in [-0.39, 0.29) is 17.2 Å². The Morgan fingerprint density at radius 2 is 1.70 bits per heavy atom. The van der Waals surface area contributed by atoms with Crippen LogP contribution in [-0.2, 0) is 14.8 Å². The molecule has 0 atom stereocenters. The second kappa shape index (κ2) is 9.32. The molecule has 0 saturated carbocycles. The van der Waals surface area contributed by atoms with Gasteiger partial charge in [0.1, 0.15) is 17.2 Å². The SMILES string of the molecule is COc1ccc(C)cc1S(=O)(=O)N(CC(=O)Nc1ccc(Br)cc1)c1ccccc1. The molecule has 0 spiro atoms. The second-order valence-electron chi connectivity index (χ2n) is 6.56. The van der Waals surface area contributed by atoms with E-state index in [1.165, 1.54) is 13.2 Å². The minimum atomic E-state index is -4.07. The van der Waals surface area contributed by atoms with Crippen molar-refractivity contribution in [3.8, 4) is 5.75 Å². The van der Waals surface area contributed by atoms with Gasteiger partial charge in [0.05, 0.1) is 12.8 Å². The van der Waals surface area contributed by atoms with Crippen molar-refractivity contribution >= 4 is 43.2 Å². The minimum Gasteiger partial charge on any atom is -0.495 e. The Morgan fingerprint density at radius 3 is 2.33 bits per heavy atom. The lowest BCUT2D eigenvalue weighted by Crippen LogP contribution is -2.38. The van der Waals surface area contributed by atoms with Crippen molar-refractivity contribution in [3.05, 3.63) is 82.8 Å². The van der Waals surface area contributed by atoms with Gasteiger partial charge in [-0.1, -0.05) is 40.2 Å². The van der Waals surface area contributed by atoms with Crippen LogP contribution in [0.3, 0.4) is 0 Å². The fourth-order valence-corrected chi connectivity index (χ4v) is 4.81. The number of hydrogen-bond acceptors (Lipinski definition) is 4. The Kier molecular flexibility index (Phi) is 6.79. The lowest BCUT2D eigenvalue weighted by Gasteiger charge is -2.25. The van der Waals surface area contributed by atoms with Crippen LogP contribution in [0.25, 0.3) is 0 Å². The van der Waals surface area contributed by atoms with Gasteiger partial charge < -0.3 is 10.1 Å². The van der Waals surface area contributed by atoms with Crippen LogP contribution >= 0.6 is 15.9 Å². The number of anilines is 2. The van der Waals surface area contributed by atoms with Gasteiger partial charge in [-0.25, -0.2) is 8.42 Å². The van der Waals surface area contributed by atoms with Crippen molar-refractivity contribution in [2.45, 2.75) is 11.8 Å². The number of amides is 1. The molecule has 3 rings (SSSR count). The van der Waals surface area contributed by atoms with E-state index < -0.39 is 15.9 Å². The maximum atomic E-state index is 13.6. The molecule has 3 aromatic rings. The van der Waals surface area contributed by atoms with Crippen LogP contribution in [0.4, 0.5) is 11.4 Å². The molecule has 0 fully saturated rings. The van der Waals surface area contributed by atoms with Crippen molar-refractivity contribution in [2.75, 3.05) is 23.3 Å². The largest absolute Gasteiger partial charge is 0.495 e. The van der Waals surface area contributed by atoms with Gasteiger partial charge in [-0.15, -0.1) is 0 Å². The molecule has 3 aromatic carbocycles. The number of rotatable bonds is 7. The average molecular weight is 489 g/mol. The summed E-state index contributed by atoms with van der Waals surface area (Å²) in [4.78, 5) is 12.7. The third kappa shape index (κ3) is 5.01. The first kappa shape index (κ1) is 21.9. The van der Waals surface area contributed by atoms with Gasteiger partial charge >= 0.3 is 0 Å². The average Bonchev–Trinajstić information content (AvgIpc) is 2.74. The Labute approximate surface area is 184 Å². The summed E-state index contributed by atoms with van der Waals surface area (Å²) >= 11 is 3.34. The van der Waals surface area contributed by atoms with Crippen molar-refractivity contribution in [2.24, 2.45) is 0 Å². The third-order valence-electron chi connectivity index (χ3n) is 4.35. The summed E-state index contributed by atoms with van der Waals surface area (Å²) < 4.78 is 34.3. The van der Waals surface area contributed by atoms with Crippen LogP contribution in [0.15, 0.2) is 82.2 Å². The number of methoxy groups -OCH3 is 1. The lowest BCUT2D eigenvalue weighted by atomic mass is 10.2. The summed E-state index contributed by atoms with van der Waals surface area (Å²) in [5, 5.41) is 2.74. The zero-order chi connectivity index (χ0) is 21.7. The number of hydrogen-bond donors (Lipinski definition) is 1. The molecular formula is C22H21BrN2O4S. The molecule has 0 radical (unpaired) electrons. The Bertz CT molecular complexity index is 1130. The van der Waals surface area contributed by atoms with Crippen LogP contribution in [0, 0.1) is 6.92 Å². The normalized spacial score (nSPS) is 11.0. The lowest BCUT2D eigenvalue weighted by molar-refractivity contribution is -0.114. The zero-order valence-corrected chi connectivity index (χ0v) is 18.9. The van der Waals surface area contributed by atoms with E-state index in [1.807, 2.05) is 0 Å². The number of benzene rings is 3. The van der Waals surface area contributed by atoms with Crippen molar-refractivity contribution in [3.63, 3.8) is 0 Å². The molecule has 1 N–H and O–H groups in total. The Balaban J connectivity index is 1.98. The molecule has 6 nitrogen and oxygen atoms in total. The molecule has 0 aliphatic heterocycles. The number of aryl methyl sites for hydroxylation is 1. The second-order valence-corrected chi connectivity index (χ2v) is 9.30. The molecule has 156 valence electrons. The topological polar surface area (TPSA) is 75.7 Å². The number of halogens is 1. The van der Waals surface area contributed by atoms with E-state index in [4.69, 9.17) is 4.74 Å². The third-order valence-corrected chi connectivity index (χ3v) is 6.67. The molecule has 0 aliphatic rings. The van der Waals surface area contributed by atoms with Crippen LogP contribution in [-0.4, -0.2) is 28.0 Å². The highest BCUT2D eigenvalue weighted by atomic mass is 79.9. The molecular weight excluding hydrogens is 468 g/mol. The first-order valence-corrected chi connectivity index (χ1v) is 11.3.